The number of nitrogens with zero attached hydrogens (tertiary/aromatic N) is 3. The molecule has 5 nitrogen and oxygen atoms in total. The lowest BCUT2D eigenvalue weighted by atomic mass is 10.1. The van der Waals surface area contributed by atoms with E-state index in [1.165, 1.54) is 18.2 Å². The van der Waals surface area contributed by atoms with Crippen molar-refractivity contribution in [1.82, 2.24) is 14.5 Å². The Morgan fingerprint density at radius 1 is 1.07 bits per heavy atom. The number of hydrogen-bond acceptors (Lipinski definition) is 4. The average molecular weight is 428 g/mol. The highest BCUT2D eigenvalue weighted by atomic mass is 35.5. The van der Waals surface area contributed by atoms with Crippen LogP contribution in [-0.2, 0) is 11.3 Å². The lowest BCUT2D eigenvalue weighted by Gasteiger charge is -2.26. The molecule has 0 radical (unpaired) electrons. The van der Waals surface area contributed by atoms with Gasteiger partial charge >= 0.3 is 0 Å². The smallest absolute Gasteiger partial charge is 0.262 e. The third kappa shape index (κ3) is 4.65. The van der Waals surface area contributed by atoms with Gasteiger partial charge in [-0.25, -0.2) is 4.98 Å². The third-order valence-electron chi connectivity index (χ3n) is 5.10. The van der Waals surface area contributed by atoms with E-state index in [4.69, 9.17) is 11.6 Å². The molecule has 0 bridgehead atoms. The minimum absolute atomic E-state index is 0.0985. The van der Waals surface area contributed by atoms with Crippen LogP contribution in [0.1, 0.15) is 24.8 Å². The van der Waals surface area contributed by atoms with Crippen LogP contribution < -0.4 is 5.56 Å². The molecule has 1 amide bonds. The molecular weight excluding hydrogens is 406 g/mol. The van der Waals surface area contributed by atoms with Crippen molar-refractivity contribution in [3.05, 3.63) is 69.5 Å². The minimum atomic E-state index is -0.122. The van der Waals surface area contributed by atoms with Gasteiger partial charge in [0.15, 0.2) is 5.16 Å². The van der Waals surface area contributed by atoms with Crippen molar-refractivity contribution in [3.63, 3.8) is 0 Å². The zero-order chi connectivity index (χ0) is 20.2. The van der Waals surface area contributed by atoms with E-state index in [-0.39, 0.29) is 17.2 Å². The highest BCUT2D eigenvalue weighted by Crippen LogP contribution is 2.22. The lowest BCUT2D eigenvalue weighted by molar-refractivity contribution is -0.129. The van der Waals surface area contributed by atoms with E-state index >= 15 is 0 Å². The van der Waals surface area contributed by atoms with Crippen LogP contribution in [0, 0.1) is 0 Å². The average Bonchev–Trinajstić information content (AvgIpc) is 2.75. The monoisotopic (exact) mass is 427 g/mol. The number of carbonyl (C=O) groups is 1. The number of hydrogen-bond donors (Lipinski definition) is 0. The summed E-state index contributed by atoms with van der Waals surface area (Å²) in [5.41, 5.74) is 1.44. The maximum absolute atomic E-state index is 13.2. The Hall–Kier alpha value is -2.31. The summed E-state index contributed by atoms with van der Waals surface area (Å²) < 4.78 is 1.65. The molecule has 0 atom stereocenters. The molecule has 7 heteroatoms. The van der Waals surface area contributed by atoms with Gasteiger partial charge in [-0.05, 0) is 43.0 Å². The Labute approximate surface area is 178 Å². The Bertz CT molecular complexity index is 1080. The van der Waals surface area contributed by atoms with Crippen molar-refractivity contribution in [3.8, 4) is 0 Å². The first-order chi connectivity index (χ1) is 14.1. The van der Waals surface area contributed by atoms with Crippen LogP contribution in [0.25, 0.3) is 10.9 Å². The van der Waals surface area contributed by atoms with Gasteiger partial charge in [0.25, 0.3) is 5.56 Å². The number of carbonyl (C=O) groups excluding carboxylic acids is 1. The molecule has 0 unspecified atom stereocenters. The second-order valence-corrected chi connectivity index (χ2v) is 8.54. The Balaban J connectivity index is 1.67. The van der Waals surface area contributed by atoms with Gasteiger partial charge in [0.2, 0.25) is 5.91 Å². The molecule has 2 aromatic carbocycles. The Morgan fingerprint density at radius 3 is 2.59 bits per heavy atom. The van der Waals surface area contributed by atoms with Gasteiger partial charge in [0.05, 0.1) is 23.2 Å². The standard InChI is InChI=1S/C22H22ClN3O2S/c23-17-9-10-18-19(13-17)24-22(29-15-20(27)25-11-5-2-6-12-25)26(21(18)28)14-16-7-3-1-4-8-16/h1,3-4,7-10,13H,2,5-6,11-12,14-15H2. The first-order valence-corrected chi connectivity index (χ1v) is 11.1. The molecule has 150 valence electrons. The Morgan fingerprint density at radius 2 is 1.83 bits per heavy atom. The van der Waals surface area contributed by atoms with Crippen molar-refractivity contribution in [2.75, 3.05) is 18.8 Å². The highest BCUT2D eigenvalue weighted by molar-refractivity contribution is 7.99. The Kier molecular flexibility index (Phi) is 6.21. The topological polar surface area (TPSA) is 55.2 Å². The molecule has 4 rings (SSSR count). The highest BCUT2D eigenvalue weighted by Gasteiger charge is 2.19. The number of halogens is 1. The molecule has 1 fully saturated rings. The summed E-state index contributed by atoms with van der Waals surface area (Å²) in [5, 5.41) is 1.60. The number of rotatable bonds is 5. The van der Waals surface area contributed by atoms with E-state index in [1.807, 2.05) is 35.2 Å². The number of amides is 1. The van der Waals surface area contributed by atoms with Crippen LogP contribution >= 0.6 is 23.4 Å². The van der Waals surface area contributed by atoms with E-state index in [2.05, 4.69) is 4.98 Å². The fourth-order valence-electron chi connectivity index (χ4n) is 3.55. The zero-order valence-corrected chi connectivity index (χ0v) is 17.6. The van der Waals surface area contributed by atoms with Crippen LogP contribution in [0.15, 0.2) is 58.5 Å². The van der Waals surface area contributed by atoms with Crippen LogP contribution in [0.5, 0.6) is 0 Å². The number of fused-ring (bicyclic) bond motifs is 1. The molecule has 29 heavy (non-hydrogen) atoms. The largest absolute Gasteiger partial charge is 0.342 e. The van der Waals surface area contributed by atoms with Crippen molar-refractivity contribution in [2.24, 2.45) is 0 Å². The SMILES string of the molecule is O=C(CSc1nc2cc(Cl)ccc2c(=O)n1Cc1ccccc1)N1CCCCC1. The third-order valence-corrected chi connectivity index (χ3v) is 6.30. The first kappa shape index (κ1) is 20.0. The van der Waals surface area contributed by atoms with Gasteiger partial charge in [-0.15, -0.1) is 0 Å². The molecule has 0 N–H and O–H groups in total. The van der Waals surface area contributed by atoms with Gasteiger partial charge < -0.3 is 4.90 Å². The molecule has 1 aliphatic rings. The van der Waals surface area contributed by atoms with Gasteiger partial charge in [0.1, 0.15) is 0 Å². The number of likely N-dealkylation sites (tertiary alicyclic amines) is 1. The predicted molar refractivity (Wildman–Crippen MR) is 118 cm³/mol. The quantitative estimate of drug-likeness (QED) is 0.452. The second kappa shape index (κ2) is 9.01. The molecule has 1 aromatic heterocycles. The van der Waals surface area contributed by atoms with E-state index in [9.17, 15) is 9.59 Å². The zero-order valence-electron chi connectivity index (χ0n) is 16.0. The van der Waals surface area contributed by atoms with E-state index in [1.54, 1.807) is 22.8 Å². The molecule has 1 saturated heterocycles. The van der Waals surface area contributed by atoms with E-state index in [0.29, 0.717) is 27.6 Å². The van der Waals surface area contributed by atoms with E-state index in [0.717, 1.165) is 31.5 Å². The fourth-order valence-corrected chi connectivity index (χ4v) is 4.62. The molecule has 0 aliphatic carbocycles. The van der Waals surface area contributed by atoms with Gasteiger partial charge in [-0.1, -0.05) is 53.7 Å². The van der Waals surface area contributed by atoms with Crippen molar-refractivity contribution in [2.45, 2.75) is 31.0 Å². The van der Waals surface area contributed by atoms with Crippen molar-refractivity contribution < 1.29 is 4.79 Å². The van der Waals surface area contributed by atoms with Crippen molar-refractivity contribution in [1.29, 1.82) is 0 Å². The van der Waals surface area contributed by atoms with Gasteiger partial charge in [-0.3, -0.25) is 14.2 Å². The second-order valence-electron chi connectivity index (χ2n) is 7.16. The van der Waals surface area contributed by atoms with Gasteiger partial charge in [0, 0.05) is 18.1 Å². The maximum atomic E-state index is 13.2. The summed E-state index contributed by atoms with van der Waals surface area (Å²) in [4.78, 5) is 32.4. The normalized spacial score (nSPS) is 14.3. The summed E-state index contributed by atoms with van der Waals surface area (Å²) >= 11 is 7.43. The van der Waals surface area contributed by atoms with E-state index < -0.39 is 0 Å². The van der Waals surface area contributed by atoms with Crippen molar-refractivity contribution >= 4 is 40.2 Å². The summed E-state index contributed by atoms with van der Waals surface area (Å²) in [5.74, 6) is 0.370. The van der Waals surface area contributed by atoms with Crippen LogP contribution in [-0.4, -0.2) is 39.2 Å². The molecule has 0 spiro atoms. The van der Waals surface area contributed by atoms with Gasteiger partial charge in [-0.2, -0.15) is 0 Å². The van der Waals surface area contributed by atoms with Crippen LogP contribution in [0.4, 0.5) is 0 Å². The number of aromatic nitrogens is 2. The predicted octanol–water partition coefficient (Wildman–Crippen LogP) is 4.20. The molecule has 2 heterocycles. The van der Waals surface area contributed by atoms with Crippen LogP contribution in [0.3, 0.4) is 0 Å². The minimum Gasteiger partial charge on any atom is -0.342 e. The number of benzene rings is 2. The summed E-state index contributed by atoms with van der Waals surface area (Å²) in [6.07, 6.45) is 3.30. The summed E-state index contributed by atoms with van der Waals surface area (Å²) in [6, 6.07) is 14.9. The molecule has 3 aromatic rings. The number of piperidine rings is 1. The molecular formula is C22H22ClN3O2S. The molecule has 0 saturated carbocycles. The summed E-state index contributed by atoms with van der Waals surface area (Å²) in [6.45, 7) is 2.04. The molecule has 1 aliphatic heterocycles. The first-order valence-electron chi connectivity index (χ1n) is 9.76. The maximum Gasteiger partial charge on any atom is 0.262 e. The lowest BCUT2D eigenvalue weighted by Crippen LogP contribution is -2.37. The fraction of sp³-hybridized carbons (Fsp3) is 0.318. The van der Waals surface area contributed by atoms with Crippen LogP contribution in [0.2, 0.25) is 5.02 Å². The summed E-state index contributed by atoms with van der Waals surface area (Å²) in [7, 11) is 0. The number of thioether (sulfide) groups is 1.